The lowest BCUT2D eigenvalue weighted by atomic mass is 9.87. The van der Waals surface area contributed by atoms with Crippen molar-refractivity contribution in [2.75, 3.05) is 6.61 Å². The number of ether oxygens (including phenoxy) is 2. The highest BCUT2D eigenvalue weighted by atomic mass is 16.5. The lowest BCUT2D eigenvalue weighted by Crippen LogP contribution is -2.28. The Morgan fingerprint density at radius 1 is 1.07 bits per heavy atom. The van der Waals surface area contributed by atoms with Crippen molar-refractivity contribution in [2.45, 2.75) is 38.7 Å². The summed E-state index contributed by atoms with van der Waals surface area (Å²) >= 11 is 0. The largest absolute Gasteiger partial charge is 0.481 e. The predicted octanol–water partition coefficient (Wildman–Crippen LogP) is 3.95. The van der Waals surface area contributed by atoms with E-state index < -0.39 is 5.97 Å². The maximum atomic E-state index is 11.1. The number of hydrogen-bond acceptors (Lipinski definition) is 6. The van der Waals surface area contributed by atoms with Crippen molar-refractivity contribution in [3.05, 3.63) is 42.6 Å². The summed E-state index contributed by atoms with van der Waals surface area (Å²) in [7, 11) is 0. The van der Waals surface area contributed by atoms with Gasteiger partial charge >= 0.3 is 12.0 Å². The number of carboxylic acids is 1. The Morgan fingerprint density at radius 2 is 1.77 bits per heavy atom. The number of hydrogen-bond donors (Lipinski definition) is 2. The number of carboxylic acid groups (broad SMARTS) is 1. The van der Waals surface area contributed by atoms with Crippen LogP contribution in [0.15, 0.2) is 42.6 Å². The first kappa shape index (κ1) is 19.9. The standard InChI is InChI=1S/C22H24N4O4/c1-2-29-22-24-20(25-26-22)15-5-3-14(4-6-15)17-9-12-19(23-13-17)30-18-10-7-16(8-11-18)21(27)28/h3-6,9,12-13,16,18H,2,7-8,10-11H2,1H3,(H,27,28)(H,24,25,26)/t16-,18+. The average molecular weight is 408 g/mol. The molecule has 2 N–H and O–H groups in total. The molecule has 8 nitrogen and oxygen atoms in total. The van der Waals surface area contributed by atoms with Gasteiger partial charge < -0.3 is 14.6 Å². The van der Waals surface area contributed by atoms with Gasteiger partial charge in [-0.2, -0.15) is 4.98 Å². The molecule has 0 bridgehead atoms. The Hall–Kier alpha value is -3.42. The molecule has 4 rings (SSSR count). The maximum Gasteiger partial charge on any atom is 0.335 e. The normalized spacial score (nSPS) is 18.7. The van der Waals surface area contributed by atoms with Crippen LogP contribution in [0.3, 0.4) is 0 Å². The van der Waals surface area contributed by atoms with Gasteiger partial charge in [-0.3, -0.25) is 9.89 Å². The fraction of sp³-hybridized carbons (Fsp3) is 0.364. The van der Waals surface area contributed by atoms with Crippen LogP contribution >= 0.6 is 0 Å². The molecule has 1 aromatic carbocycles. The number of H-pyrrole nitrogens is 1. The number of pyridine rings is 1. The number of nitrogens with zero attached hydrogens (tertiary/aromatic N) is 3. The van der Waals surface area contributed by atoms with E-state index in [9.17, 15) is 4.79 Å². The zero-order valence-electron chi connectivity index (χ0n) is 16.7. The van der Waals surface area contributed by atoms with E-state index in [2.05, 4.69) is 20.2 Å². The lowest BCUT2D eigenvalue weighted by Gasteiger charge is -2.26. The quantitative estimate of drug-likeness (QED) is 0.609. The summed E-state index contributed by atoms with van der Waals surface area (Å²) in [6, 6.07) is 12.1. The molecule has 0 atom stereocenters. The summed E-state index contributed by atoms with van der Waals surface area (Å²) < 4.78 is 11.2. The number of rotatable bonds is 7. The minimum Gasteiger partial charge on any atom is -0.481 e. The van der Waals surface area contributed by atoms with Gasteiger partial charge in [0.15, 0.2) is 5.82 Å². The average Bonchev–Trinajstić information content (AvgIpc) is 3.24. The molecule has 0 radical (unpaired) electrons. The van der Waals surface area contributed by atoms with Crippen molar-refractivity contribution >= 4 is 5.97 Å². The second-order valence-corrected chi connectivity index (χ2v) is 7.29. The van der Waals surface area contributed by atoms with Crippen molar-refractivity contribution < 1.29 is 19.4 Å². The second kappa shape index (κ2) is 8.94. The van der Waals surface area contributed by atoms with E-state index in [1.54, 1.807) is 6.20 Å². The summed E-state index contributed by atoms with van der Waals surface area (Å²) in [6.07, 6.45) is 4.61. The van der Waals surface area contributed by atoms with Crippen LogP contribution in [0.2, 0.25) is 0 Å². The van der Waals surface area contributed by atoms with E-state index in [4.69, 9.17) is 14.6 Å². The topological polar surface area (TPSA) is 110 Å². The van der Waals surface area contributed by atoms with E-state index >= 15 is 0 Å². The molecule has 0 aliphatic heterocycles. The molecule has 0 unspecified atom stereocenters. The third-order valence-corrected chi connectivity index (χ3v) is 5.28. The second-order valence-electron chi connectivity index (χ2n) is 7.29. The van der Waals surface area contributed by atoms with Gasteiger partial charge in [0.2, 0.25) is 5.88 Å². The van der Waals surface area contributed by atoms with Crippen molar-refractivity contribution in [1.29, 1.82) is 0 Å². The minimum atomic E-state index is -0.708. The van der Waals surface area contributed by atoms with Gasteiger partial charge in [-0.15, -0.1) is 5.10 Å². The highest BCUT2D eigenvalue weighted by Gasteiger charge is 2.27. The van der Waals surface area contributed by atoms with Gasteiger partial charge in [-0.1, -0.05) is 24.3 Å². The molecule has 0 amide bonds. The molecule has 1 aliphatic carbocycles. The van der Waals surface area contributed by atoms with E-state index in [0.29, 0.717) is 37.2 Å². The minimum absolute atomic E-state index is 0.0294. The van der Waals surface area contributed by atoms with Crippen LogP contribution in [-0.2, 0) is 4.79 Å². The molecular formula is C22H24N4O4. The number of aromatic amines is 1. The van der Waals surface area contributed by atoms with Crippen LogP contribution in [0.25, 0.3) is 22.5 Å². The smallest absolute Gasteiger partial charge is 0.335 e. The molecule has 8 heteroatoms. The van der Waals surface area contributed by atoms with Gasteiger partial charge in [0.05, 0.1) is 12.5 Å². The SMILES string of the molecule is CCOc1n[nH]c(-c2ccc(-c3ccc(O[C@H]4CC[C@@H](C(=O)O)CC4)nc3)cc2)n1. The molecule has 1 aliphatic rings. The fourth-order valence-electron chi connectivity index (χ4n) is 3.61. The molecular weight excluding hydrogens is 384 g/mol. The van der Waals surface area contributed by atoms with Crippen LogP contribution in [0.5, 0.6) is 11.9 Å². The molecule has 0 spiro atoms. The van der Waals surface area contributed by atoms with Crippen molar-refractivity contribution in [3.63, 3.8) is 0 Å². The molecule has 2 aromatic heterocycles. The van der Waals surface area contributed by atoms with Gasteiger partial charge in [0.25, 0.3) is 0 Å². The highest BCUT2D eigenvalue weighted by molar-refractivity contribution is 5.70. The zero-order valence-corrected chi connectivity index (χ0v) is 16.7. The molecule has 2 heterocycles. The van der Waals surface area contributed by atoms with Gasteiger partial charge in [0, 0.05) is 23.4 Å². The Bertz CT molecular complexity index is 977. The van der Waals surface area contributed by atoms with E-state index in [1.807, 2.05) is 43.3 Å². The van der Waals surface area contributed by atoms with Crippen molar-refractivity contribution in [1.82, 2.24) is 20.2 Å². The van der Waals surface area contributed by atoms with Crippen LogP contribution < -0.4 is 9.47 Å². The first-order chi connectivity index (χ1) is 14.6. The van der Waals surface area contributed by atoms with E-state index in [-0.39, 0.29) is 12.0 Å². The van der Waals surface area contributed by atoms with Gasteiger partial charge in [-0.25, -0.2) is 4.98 Å². The molecule has 156 valence electrons. The molecule has 3 aromatic rings. The monoisotopic (exact) mass is 408 g/mol. The Kier molecular flexibility index (Phi) is 5.92. The van der Waals surface area contributed by atoms with Crippen LogP contribution in [0.1, 0.15) is 32.6 Å². The van der Waals surface area contributed by atoms with Gasteiger partial charge in [-0.05, 0) is 44.2 Å². The molecule has 0 saturated heterocycles. The third kappa shape index (κ3) is 4.59. The number of aromatic nitrogens is 4. The fourth-order valence-corrected chi connectivity index (χ4v) is 3.61. The molecule has 1 saturated carbocycles. The van der Waals surface area contributed by atoms with Crippen molar-refractivity contribution in [3.8, 4) is 34.4 Å². The van der Waals surface area contributed by atoms with E-state index in [1.165, 1.54) is 0 Å². The number of aliphatic carboxylic acids is 1. The van der Waals surface area contributed by atoms with Crippen molar-refractivity contribution in [2.24, 2.45) is 5.92 Å². The zero-order chi connectivity index (χ0) is 20.9. The Balaban J connectivity index is 1.37. The third-order valence-electron chi connectivity index (χ3n) is 5.28. The summed E-state index contributed by atoms with van der Waals surface area (Å²) in [6.45, 7) is 2.41. The first-order valence-electron chi connectivity index (χ1n) is 10.1. The summed E-state index contributed by atoms with van der Waals surface area (Å²) in [4.78, 5) is 19.8. The van der Waals surface area contributed by atoms with Gasteiger partial charge in [0.1, 0.15) is 6.10 Å². The number of nitrogens with one attached hydrogen (secondary N) is 1. The summed E-state index contributed by atoms with van der Waals surface area (Å²) in [5, 5.41) is 16.0. The summed E-state index contributed by atoms with van der Waals surface area (Å²) in [5.41, 5.74) is 2.93. The number of carbonyl (C=O) groups is 1. The lowest BCUT2D eigenvalue weighted by molar-refractivity contribution is -0.143. The van der Waals surface area contributed by atoms with E-state index in [0.717, 1.165) is 29.5 Å². The maximum absolute atomic E-state index is 11.1. The summed E-state index contributed by atoms with van der Waals surface area (Å²) in [5.74, 6) is 0.273. The highest BCUT2D eigenvalue weighted by Crippen LogP contribution is 2.28. The Morgan fingerprint density at radius 3 is 2.40 bits per heavy atom. The predicted molar refractivity (Wildman–Crippen MR) is 110 cm³/mol. The molecule has 30 heavy (non-hydrogen) atoms. The van der Waals surface area contributed by atoms with Crippen LogP contribution in [0.4, 0.5) is 0 Å². The first-order valence-corrected chi connectivity index (χ1v) is 10.1. The van der Waals surface area contributed by atoms with Crippen LogP contribution in [0, 0.1) is 5.92 Å². The Labute approximate surface area is 174 Å². The number of benzene rings is 1. The molecule has 1 fully saturated rings. The van der Waals surface area contributed by atoms with Crippen LogP contribution in [-0.4, -0.2) is 44.0 Å².